The molecule has 3 heterocycles. The number of aromatic amines is 1. The van der Waals surface area contributed by atoms with Crippen molar-refractivity contribution in [3.05, 3.63) is 35.5 Å². The Labute approximate surface area is 143 Å². The lowest BCUT2D eigenvalue weighted by Gasteiger charge is -2.37. The standard InChI is InChI=1S/C20H27N3O/c1-15-18(17-8-2-3-9-19(17)21-15)13-20(24)23-12-6-7-16(14-23)22-10-4-5-11-22/h2-3,8-9,16,21H,4-7,10-14H2,1H3/t16-/m1/s1. The lowest BCUT2D eigenvalue weighted by atomic mass is 10.0. The van der Waals surface area contributed by atoms with Crippen molar-refractivity contribution in [3.8, 4) is 0 Å². The first-order valence-corrected chi connectivity index (χ1v) is 9.30. The molecule has 128 valence electrons. The Morgan fingerprint density at radius 2 is 1.96 bits per heavy atom. The molecule has 1 amide bonds. The van der Waals surface area contributed by atoms with Gasteiger partial charge in [-0.2, -0.15) is 0 Å². The van der Waals surface area contributed by atoms with Crippen LogP contribution in [0.5, 0.6) is 0 Å². The molecule has 2 saturated heterocycles. The van der Waals surface area contributed by atoms with Gasteiger partial charge < -0.3 is 9.88 Å². The molecule has 0 radical (unpaired) electrons. The second-order valence-corrected chi connectivity index (χ2v) is 7.33. The number of aryl methyl sites for hydroxylation is 1. The van der Waals surface area contributed by atoms with Crippen LogP contribution < -0.4 is 0 Å². The number of hydrogen-bond acceptors (Lipinski definition) is 2. The summed E-state index contributed by atoms with van der Waals surface area (Å²) in [5.41, 5.74) is 3.42. The number of nitrogens with one attached hydrogen (secondary N) is 1. The van der Waals surface area contributed by atoms with Crippen LogP contribution in [-0.4, -0.2) is 52.9 Å². The van der Waals surface area contributed by atoms with E-state index in [2.05, 4.69) is 33.8 Å². The molecule has 0 saturated carbocycles. The molecular weight excluding hydrogens is 298 g/mol. The van der Waals surface area contributed by atoms with Crippen molar-refractivity contribution in [2.24, 2.45) is 0 Å². The van der Waals surface area contributed by atoms with E-state index in [9.17, 15) is 4.79 Å². The summed E-state index contributed by atoms with van der Waals surface area (Å²) in [7, 11) is 0. The predicted octanol–water partition coefficient (Wildman–Crippen LogP) is 3.11. The highest BCUT2D eigenvalue weighted by atomic mass is 16.2. The smallest absolute Gasteiger partial charge is 0.227 e. The molecule has 24 heavy (non-hydrogen) atoms. The number of benzene rings is 1. The minimum atomic E-state index is 0.284. The third kappa shape index (κ3) is 2.95. The number of likely N-dealkylation sites (tertiary alicyclic amines) is 2. The van der Waals surface area contributed by atoms with Crippen LogP contribution in [0.25, 0.3) is 10.9 Å². The summed E-state index contributed by atoms with van der Waals surface area (Å²) in [5, 5.41) is 1.19. The Morgan fingerprint density at radius 3 is 2.79 bits per heavy atom. The zero-order valence-corrected chi connectivity index (χ0v) is 14.6. The molecule has 0 bridgehead atoms. The number of rotatable bonds is 3. The van der Waals surface area contributed by atoms with Crippen molar-refractivity contribution >= 4 is 16.8 Å². The van der Waals surface area contributed by atoms with E-state index in [4.69, 9.17) is 0 Å². The minimum Gasteiger partial charge on any atom is -0.358 e. The molecule has 1 aromatic carbocycles. The first-order valence-electron chi connectivity index (χ1n) is 9.30. The van der Waals surface area contributed by atoms with Crippen LogP contribution in [0.15, 0.2) is 24.3 Å². The molecule has 4 nitrogen and oxygen atoms in total. The number of carbonyl (C=O) groups is 1. The second kappa shape index (κ2) is 6.60. The van der Waals surface area contributed by atoms with Crippen LogP contribution in [0.1, 0.15) is 36.9 Å². The number of fused-ring (bicyclic) bond motifs is 1. The van der Waals surface area contributed by atoms with E-state index < -0.39 is 0 Å². The summed E-state index contributed by atoms with van der Waals surface area (Å²) in [5.74, 6) is 0.284. The van der Waals surface area contributed by atoms with Gasteiger partial charge >= 0.3 is 0 Å². The number of para-hydroxylation sites is 1. The van der Waals surface area contributed by atoms with E-state index in [1.54, 1.807) is 0 Å². The molecule has 0 spiro atoms. The molecule has 2 aliphatic rings. The fraction of sp³-hybridized carbons (Fsp3) is 0.550. The maximum absolute atomic E-state index is 12.9. The van der Waals surface area contributed by atoms with Crippen LogP contribution >= 0.6 is 0 Å². The lowest BCUT2D eigenvalue weighted by molar-refractivity contribution is -0.132. The summed E-state index contributed by atoms with van der Waals surface area (Å²) < 4.78 is 0. The number of nitrogens with zero attached hydrogens (tertiary/aromatic N) is 2. The molecule has 4 rings (SSSR count). The highest BCUT2D eigenvalue weighted by molar-refractivity contribution is 5.90. The lowest BCUT2D eigenvalue weighted by Crippen LogP contribution is -2.49. The zero-order valence-electron chi connectivity index (χ0n) is 14.6. The largest absolute Gasteiger partial charge is 0.358 e. The number of aromatic nitrogens is 1. The molecule has 0 aliphatic carbocycles. The molecule has 4 heteroatoms. The topological polar surface area (TPSA) is 39.3 Å². The summed E-state index contributed by atoms with van der Waals surface area (Å²) >= 11 is 0. The Balaban J connectivity index is 1.48. The monoisotopic (exact) mass is 325 g/mol. The van der Waals surface area contributed by atoms with Gasteiger partial charge in [-0.3, -0.25) is 9.69 Å². The van der Waals surface area contributed by atoms with Gasteiger partial charge in [0.1, 0.15) is 0 Å². The zero-order chi connectivity index (χ0) is 16.5. The van der Waals surface area contributed by atoms with Gasteiger partial charge in [0, 0.05) is 35.7 Å². The molecule has 1 atom stereocenters. The molecule has 2 fully saturated rings. The van der Waals surface area contributed by atoms with Gasteiger partial charge in [0.2, 0.25) is 5.91 Å². The summed E-state index contributed by atoms with van der Waals surface area (Å²) in [6.45, 7) is 6.35. The number of H-pyrrole nitrogens is 1. The minimum absolute atomic E-state index is 0.284. The van der Waals surface area contributed by atoms with Crippen molar-refractivity contribution in [2.75, 3.05) is 26.2 Å². The number of hydrogen-bond donors (Lipinski definition) is 1. The number of piperidine rings is 1. The van der Waals surface area contributed by atoms with Crippen LogP contribution in [0.4, 0.5) is 0 Å². The van der Waals surface area contributed by atoms with Gasteiger partial charge in [-0.15, -0.1) is 0 Å². The van der Waals surface area contributed by atoms with E-state index in [0.717, 1.165) is 30.7 Å². The van der Waals surface area contributed by atoms with Crippen molar-refractivity contribution < 1.29 is 4.79 Å². The van der Waals surface area contributed by atoms with Crippen molar-refractivity contribution in [1.82, 2.24) is 14.8 Å². The van der Waals surface area contributed by atoms with Crippen molar-refractivity contribution in [2.45, 2.75) is 45.1 Å². The van der Waals surface area contributed by atoms with Crippen LogP contribution in [0, 0.1) is 6.92 Å². The quantitative estimate of drug-likeness (QED) is 0.942. The van der Waals surface area contributed by atoms with E-state index >= 15 is 0 Å². The average Bonchev–Trinajstić information content (AvgIpc) is 3.24. The molecular formula is C20H27N3O. The van der Waals surface area contributed by atoms with Gasteiger partial charge in [-0.05, 0) is 57.3 Å². The van der Waals surface area contributed by atoms with E-state index in [1.807, 2.05) is 12.1 Å². The summed E-state index contributed by atoms with van der Waals surface area (Å²) in [6, 6.07) is 8.86. The number of amides is 1. The van der Waals surface area contributed by atoms with E-state index in [-0.39, 0.29) is 5.91 Å². The van der Waals surface area contributed by atoms with Gasteiger partial charge in [0.05, 0.1) is 6.42 Å². The van der Waals surface area contributed by atoms with Crippen LogP contribution in [0.2, 0.25) is 0 Å². The molecule has 2 aliphatic heterocycles. The second-order valence-electron chi connectivity index (χ2n) is 7.33. The normalized spacial score (nSPS) is 22.4. The maximum Gasteiger partial charge on any atom is 0.227 e. The highest BCUT2D eigenvalue weighted by Crippen LogP contribution is 2.25. The predicted molar refractivity (Wildman–Crippen MR) is 97.1 cm³/mol. The van der Waals surface area contributed by atoms with Crippen molar-refractivity contribution in [1.29, 1.82) is 0 Å². The molecule has 2 aromatic rings. The highest BCUT2D eigenvalue weighted by Gasteiger charge is 2.29. The third-order valence-electron chi connectivity index (χ3n) is 5.76. The Kier molecular flexibility index (Phi) is 4.31. The molecule has 1 N–H and O–H groups in total. The van der Waals surface area contributed by atoms with Crippen LogP contribution in [-0.2, 0) is 11.2 Å². The first-order chi connectivity index (χ1) is 11.7. The summed E-state index contributed by atoms with van der Waals surface area (Å²) in [6.07, 6.45) is 5.54. The van der Waals surface area contributed by atoms with Gasteiger partial charge in [-0.25, -0.2) is 0 Å². The number of carbonyl (C=O) groups excluding carboxylic acids is 1. The fourth-order valence-corrected chi connectivity index (χ4v) is 4.41. The SMILES string of the molecule is Cc1[nH]c2ccccc2c1CC(=O)N1CCC[C@@H](N2CCCC2)C1. The van der Waals surface area contributed by atoms with E-state index in [0.29, 0.717) is 12.5 Å². The Hall–Kier alpha value is -1.81. The average molecular weight is 325 g/mol. The fourth-order valence-electron chi connectivity index (χ4n) is 4.41. The first kappa shape index (κ1) is 15.7. The summed E-state index contributed by atoms with van der Waals surface area (Å²) in [4.78, 5) is 21.0. The van der Waals surface area contributed by atoms with Crippen LogP contribution in [0.3, 0.4) is 0 Å². The molecule has 0 unspecified atom stereocenters. The Morgan fingerprint density at radius 1 is 1.17 bits per heavy atom. The molecule has 1 aromatic heterocycles. The van der Waals surface area contributed by atoms with Gasteiger partial charge in [0.15, 0.2) is 0 Å². The van der Waals surface area contributed by atoms with E-state index in [1.165, 1.54) is 43.3 Å². The maximum atomic E-state index is 12.9. The van der Waals surface area contributed by atoms with Gasteiger partial charge in [-0.1, -0.05) is 18.2 Å². The van der Waals surface area contributed by atoms with Crippen molar-refractivity contribution in [3.63, 3.8) is 0 Å². The Bertz CT molecular complexity index is 730. The van der Waals surface area contributed by atoms with Gasteiger partial charge in [0.25, 0.3) is 0 Å². The third-order valence-corrected chi connectivity index (χ3v) is 5.76.